The molecule has 0 unspecified atom stereocenters. The summed E-state index contributed by atoms with van der Waals surface area (Å²) in [5.74, 6) is -1.26. The van der Waals surface area contributed by atoms with Crippen molar-refractivity contribution in [3.8, 4) is 11.1 Å². The molecule has 162 valence electrons. The van der Waals surface area contributed by atoms with Crippen molar-refractivity contribution in [1.82, 2.24) is 14.8 Å². The quantitative estimate of drug-likeness (QED) is 0.668. The largest absolute Gasteiger partial charge is 0.347 e. The Kier molecular flexibility index (Phi) is 4.77. The lowest BCUT2D eigenvalue weighted by molar-refractivity contribution is -0.119. The van der Waals surface area contributed by atoms with Gasteiger partial charge < -0.3 is 20.1 Å². The second kappa shape index (κ2) is 7.64. The number of amides is 3. The second-order valence-corrected chi connectivity index (χ2v) is 8.11. The van der Waals surface area contributed by atoms with Gasteiger partial charge in [0.1, 0.15) is 17.6 Å². The van der Waals surface area contributed by atoms with Crippen LogP contribution in [0.2, 0.25) is 0 Å². The number of fused-ring (bicyclic) bond motifs is 2. The molecular weight excluding hydrogens is 411 g/mol. The van der Waals surface area contributed by atoms with Crippen molar-refractivity contribution in [3.63, 3.8) is 0 Å². The molecule has 3 heterocycles. The first-order valence-electron chi connectivity index (χ1n) is 10.4. The molecule has 1 aromatic heterocycles. The van der Waals surface area contributed by atoms with E-state index in [2.05, 4.69) is 10.6 Å². The van der Waals surface area contributed by atoms with E-state index in [-0.39, 0.29) is 36.1 Å². The Morgan fingerprint density at radius 2 is 1.91 bits per heavy atom. The summed E-state index contributed by atoms with van der Waals surface area (Å²) in [6.45, 7) is 0.219. The molecule has 5 rings (SSSR count). The third-order valence-corrected chi connectivity index (χ3v) is 6.07. The van der Waals surface area contributed by atoms with E-state index in [0.29, 0.717) is 34.5 Å². The number of hydrogen-bond acceptors (Lipinski definition) is 3. The third-order valence-electron chi connectivity index (χ3n) is 6.07. The molecule has 8 heteroatoms. The van der Waals surface area contributed by atoms with E-state index in [0.717, 1.165) is 0 Å². The van der Waals surface area contributed by atoms with Gasteiger partial charge in [0.25, 0.3) is 11.8 Å². The van der Waals surface area contributed by atoms with Crippen LogP contribution in [0.5, 0.6) is 0 Å². The molecule has 7 nitrogen and oxygen atoms in total. The van der Waals surface area contributed by atoms with Gasteiger partial charge in [-0.05, 0) is 42.3 Å². The van der Waals surface area contributed by atoms with Crippen molar-refractivity contribution in [2.75, 3.05) is 11.9 Å². The number of nitrogens with one attached hydrogen (secondary N) is 2. The molecule has 2 N–H and O–H groups in total. The van der Waals surface area contributed by atoms with Gasteiger partial charge in [0.2, 0.25) is 5.91 Å². The minimum Gasteiger partial charge on any atom is -0.347 e. The normalized spacial score (nSPS) is 19.8. The fourth-order valence-corrected chi connectivity index (χ4v) is 4.43. The predicted molar refractivity (Wildman–Crippen MR) is 117 cm³/mol. The number of aromatic nitrogens is 1. The zero-order valence-electron chi connectivity index (χ0n) is 17.3. The molecular formula is C24H21FN4O3. The Hall–Kier alpha value is -3.94. The highest BCUT2D eigenvalue weighted by atomic mass is 19.1. The van der Waals surface area contributed by atoms with Crippen LogP contribution < -0.4 is 10.6 Å². The van der Waals surface area contributed by atoms with Gasteiger partial charge in [-0.25, -0.2) is 4.39 Å². The van der Waals surface area contributed by atoms with Crippen molar-refractivity contribution in [3.05, 3.63) is 77.9 Å². The van der Waals surface area contributed by atoms with Crippen LogP contribution in [-0.4, -0.2) is 45.8 Å². The van der Waals surface area contributed by atoms with Crippen LogP contribution in [0.25, 0.3) is 11.1 Å². The standard InChI is InChI=1S/C24H21FN4O3/c1-28-10-4-7-20(28)22(30)26-15-12-21-23(31)27-19-9-8-14(16-5-2-3-6-18(16)25)11-17(19)24(32)29(21)13-15/h2-11,15,21H,12-13H2,1H3,(H,26,30)(H,27,31)/t15-,21-/m0/s1. The first-order valence-corrected chi connectivity index (χ1v) is 10.4. The van der Waals surface area contributed by atoms with Crippen LogP contribution >= 0.6 is 0 Å². The van der Waals surface area contributed by atoms with E-state index >= 15 is 0 Å². The summed E-state index contributed by atoms with van der Waals surface area (Å²) in [4.78, 5) is 40.3. The Balaban J connectivity index is 1.42. The van der Waals surface area contributed by atoms with E-state index in [1.807, 2.05) is 0 Å². The summed E-state index contributed by atoms with van der Waals surface area (Å²) in [6.07, 6.45) is 2.10. The molecule has 0 spiro atoms. The van der Waals surface area contributed by atoms with E-state index in [1.54, 1.807) is 66.3 Å². The molecule has 0 saturated carbocycles. The Morgan fingerprint density at radius 1 is 1.09 bits per heavy atom. The van der Waals surface area contributed by atoms with E-state index < -0.39 is 6.04 Å². The van der Waals surface area contributed by atoms with Crippen LogP contribution in [0, 0.1) is 5.82 Å². The summed E-state index contributed by atoms with van der Waals surface area (Å²) in [7, 11) is 1.78. The molecule has 2 aliphatic heterocycles. The topological polar surface area (TPSA) is 83.4 Å². The molecule has 2 aliphatic rings. The van der Waals surface area contributed by atoms with Crippen molar-refractivity contribution >= 4 is 23.4 Å². The van der Waals surface area contributed by atoms with Gasteiger partial charge in [0, 0.05) is 31.4 Å². The summed E-state index contributed by atoms with van der Waals surface area (Å²) in [5.41, 5.74) is 2.14. The maximum atomic E-state index is 14.3. The molecule has 3 amide bonds. The molecule has 2 aromatic carbocycles. The molecule has 1 fully saturated rings. The van der Waals surface area contributed by atoms with Crippen molar-refractivity contribution < 1.29 is 18.8 Å². The van der Waals surface area contributed by atoms with Crippen molar-refractivity contribution in [1.29, 1.82) is 0 Å². The molecule has 2 atom stereocenters. The van der Waals surface area contributed by atoms with Crippen LogP contribution in [0.4, 0.5) is 10.1 Å². The highest BCUT2D eigenvalue weighted by Gasteiger charge is 2.43. The lowest BCUT2D eigenvalue weighted by Gasteiger charge is -2.20. The van der Waals surface area contributed by atoms with Gasteiger partial charge in [-0.3, -0.25) is 14.4 Å². The number of nitrogens with zero attached hydrogens (tertiary/aromatic N) is 2. The van der Waals surface area contributed by atoms with Crippen molar-refractivity contribution in [2.45, 2.75) is 18.5 Å². The van der Waals surface area contributed by atoms with Crippen LogP contribution in [0.15, 0.2) is 60.8 Å². The predicted octanol–water partition coefficient (Wildman–Crippen LogP) is 2.80. The fraction of sp³-hybridized carbons (Fsp3) is 0.208. The number of rotatable bonds is 3. The molecule has 0 bridgehead atoms. The zero-order chi connectivity index (χ0) is 22.4. The Morgan fingerprint density at radius 3 is 2.66 bits per heavy atom. The minimum absolute atomic E-state index is 0.219. The second-order valence-electron chi connectivity index (χ2n) is 8.11. The van der Waals surface area contributed by atoms with Crippen LogP contribution in [-0.2, 0) is 11.8 Å². The van der Waals surface area contributed by atoms with Gasteiger partial charge in [-0.1, -0.05) is 24.3 Å². The zero-order valence-corrected chi connectivity index (χ0v) is 17.3. The molecule has 0 radical (unpaired) electrons. The first kappa shape index (κ1) is 20.0. The third kappa shape index (κ3) is 3.33. The molecule has 3 aromatic rings. The van der Waals surface area contributed by atoms with E-state index in [9.17, 15) is 18.8 Å². The summed E-state index contributed by atoms with van der Waals surface area (Å²) >= 11 is 0. The molecule has 0 aliphatic carbocycles. The highest BCUT2D eigenvalue weighted by molar-refractivity contribution is 6.11. The Labute approximate surface area is 183 Å². The van der Waals surface area contributed by atoms with Crippen molar-refractivity contribution in [2.24, 2.45) is 7.05 Å². The Bertz CT molecular complexity index is 1250. The number of aryl methyl sites for hydroxylation is 1. The number of hydrogen-bond donors (Lipinski definition) is 2. The molecule has 1 saturated heterocycles. The summed E-state index contributed by atoms with van der Waals surface area (Å²) in [6, 6.07) is 13.7. The van der Waals surface area contributed by atoms with Gasteiger partial charge >= 0.3 is 0 Å². The number of anilines is 1. The average molecular weight is 432 g/mol. The summed E-state index contributed by atoms with van der Waals surface area (Å²) in [5, 5.41) is 5.74. The lowest BCUT2D eigenvalue weighted by atomic mass is 10.0. The van der Waals surface area contributed by atoms with Crippen LogP contribution in [0.1, 0.15) is 27.3 Å². The first-order chi connectivity index (χ1) is 15.4. The average Bonchev–Trinajstić information content (AvgIpc) is 3.38. The highest BCUT2D eigenvalue weighted by Crippen LogP contribution is 2.33. The van der Waals surface area contributed by atoms with Gasteiger partial charge in [-0.2, -0.15) is 0 Å². The lowest BCUT2D eigenvalue weighted by Crippen LogP contribution is -2.41. The smallest absolute Gasteiger partial charge is 0.268 e. The maximum absolute atomic E-state index is 14.3. The number of carbonyl (C=O) groups excluding carboxylic acids is 3. The van der Waals surface area contributed by atoms with Gasteiger partial charge in [0.05, 0.1) is 11.3 Å². The van der Waals surface area contributed by atoms with E-state index in [1.165, 1.54) is 11.0 Å². The maximum Gasteiger partial charge on any atom is 0.268 e. The minimum atomic E-state index is -0.689. The van der Waals surface area contributed by atoms with Crippen LogP contribution in [0.3, 0.4) is 0 Å². The fourth-order valence-electron chi connectivity index (χ4n) is 4.43. The number of benzene rings is 2. The van der Waals surface area contributed by atoms with Gasteiger partial charge in [0.15, 0.2) is 0 Å². The summed E-state index contributed by atoms with van der Waals surface area (Å²) < 4.78 is 16.0. The number of halogens is 1. The van der Waals surface area contributed by atoms with Gasteiger partial charge in [-0.15, -0.1) is 0 Å². The monoisotopic (exact) mass is 432 g/mol. The molecule has 32 heavy (non-hydrogen) atoms. The van der Waals surface area contributed by atoms with E-state index in [4.69, 9.17) is 0 Å². The SMILES string of the molecule is Cn1cccc1C(=O)N[C@H]1C[C@H]2C(=O)Nc3ccc(-c4ccccc4F)cc3C(=O)N2C1. The number of carbonyl (C=O) groups is 3.